The Morgan fingerprint density at radius 2 is 2.25 bits per heavy atom. The Balaban J connectivity index is 2.10. The van der Waals surface area contributed by atoms with Crippen LogP contribution in [0.5, 0.6) is 0 Å². The van der Waals surface area contributed by atoms with Crippen molar-refractivity contribution >= 4 is 5.97 Å². The highest BCUT2D eigenvalue weighted by Crippen LogP contribution is 2.35. The Hall–Kier alpha value is -1.39. The molecule has 3 atom stereocenters. The minimum Gasteiger partial charge on any atom is -0.481 e. The molecule has 1 fully saturated rings. The number of carboxylic acid groups (broad SMARTS) is 1. The molecule has 1 aliphatic carbocycles. The molecule has 5 heteroatoms. The van der Waals surface area contributed by atoms with Crippen LogP contribution in [-0.2, 0) is 17.8 Å². The Morgan fingerprint density at radius 1 is 1.50 bits per heavy atom. The molecule has 0 bridgehead atoms. The number of carboxylic acids is 1. The Morgan fingerprint density at radius 3 is 2.90 bits per heavy atom. The van der Waals surface area contributed by atoms with Crippen LogP contribution < -0.4 is 0 Å². The Bertz CT molecular complexity index is 456. The number of rotatable bonds is 5. The summed E-state index contributed by atoms with van der Waals surface area (Å²) in [4.78, 5) is 15.8. The third-order valence-electron chi connectivity index (χ3n) is 4.24. The SMILES string of the molecule is CC(C)Cn1ncnc1CC1CC(C)CCC1C(=O)O. The molecule has 112 valence electrons. The van der Waals surface area contributed by atoms with E-state index < -0.39 is 5.97 Å². The van der Waals surface area contributed by atoms with Gasteiger partial charge in [-0.25, -0.2) is 9.67 Å². The second-order valence-electron chi connectivity index (χ2n) is 6.58. The van der Waals surface area contributed by atoms with Crippen molar-refractivity contribution in [3.63, 3.8) is 0 Å². The molecule has 0 saturated heterocycles. The summed E-state index contributed by atoms with van der Waals surface area (Å²) in [7, 11) is 0. The number of aromatic nitrogens is 3. The first-order valence-corrected chi connectivity index (χ1v) is 7.56. The van der Waals surface area contributed by atoms with Gasteiger partial charge >= 0.3 is 5.97 Å². The van der Waals surface area contributed by atoms with Gasteiger partial charge in [-0.15, -0.1) is 0 Å². The zero-order valence-electron chi connectivity index (χ0n) is 12.6. The molecule has 1 saturated carbocycles. The minimum atomic E-state index is -0.656. The number of nitrogens with zero attached hydrogens (tertiary/aromatic N) is 3. The molecule has 5 nitrogen and oxygen atoms in total. The first-order chi connectivity index (χ1) is 9.47. The molecule has 0 radical (unpaired) electrons. The second-order valence-corrected chi connectivity index (χ2v) is 6.58. The van der Waals surface area contributed by atoms with Crippen molar-refractivity contribution in [1.82, 2.24) is 14.8 Å². The summed E-state index contributed by atoms with van der Waals surface area (Å²) >= 11 is 0. The van der Waals surface area contributed by atoms with Crippen LogP contribution in [0.1, 0.15) is 45.9 Å². The van der Waals surface area contributed by atoms with Gasteiger partial charge < -0.3 is 5.11 Å². The van der Waals surface area contributed by atoms with Crippen LogP contribution in [0.25, 0.3) is 0 Å². The summed E-state index contributed by atoms with van der Waals surface area (Å²) in [5, 5.41) is 13.7. The molecular weight excluding hydrogens is 254 g/mol. The highest BCUT2D eigenvalue weighted by Gasteiger charge is 2.34. The van der Waals surface area contributed by atoms with Crippen LogP contribution in [0.3, 0.4) is 0 Å². The van der Waals surface area contributed by atoms with Gasteiger partial charge in [0.1, 0.15) is 12.2 Å². The van der Waals surface area contributed by atoms with E-state index in [1.165, 1.54) is 0 Å². The lowest BCUT2D eigenvalue weighted by molar-refractivity contribution is -0.145. The first kappa shape index (κ1) is 15.0. The van der Waals surface area contributed by atoms with Crippen molar-refractivity contribution in [2.75, 3.05) is 0 Å². The van der Waals surface area contributed by atoms with Gasteiger partial charge in [0.2, 0.25) is 0 Å². The Kier molecular flexibility index (Phi) is 4.78. The molecule has 2 rings (SSSR count). The minimum absolute atomic E-state index is 0.186. The lowest BCUT2D eigenvalue weighted by Crippen LogP contribution is -2.32. The standard InChI is InChI=1S/C15H25N3O2/c1-10(2)8-18-14(16-9-17-18)7-12-6-11(3)4-5-13(12)15(19)20/h9-13H,4-8H2,1-3H3,(H,19,20). The van der Waals surface area contributed by atoms with Gasteiger partial charge in [0.05, 0.1) is 5.92 Å². The second kappa shape index (κ2) is 6.37. The lowest BCUT2D eigenvalue weighted by Gasteiger charge is -2.32. The molecule has 0 spiro atoms. The van der Waals surface area contributed by atoms with Gasteiger partial charge in [-0.3, -0.25) is 4.79 Å². The summed E-state index contributed by atoms with van der Waals surface area (Å²) in [6, 6.07) is 0. The smallest absolute Gasteiger partial charge is 0.306 e. The van der Waals surface area contributed by atoms with Crippen LogP contribution in [-0.4, -0.2) is 25.8 Å². The van der Waals surface area contributed by atoms with E-state index in [1.54, 1.807) is 6.33 Å². The molecule has 0 amide bonds. The van der Waals surface area contributed by atoms with E-state index >= 15 is 0 Å². The topological polar surface area (TPSA) is 68.0 Å². The van der Waals surface area contributed by atoms with E-state index in [2.05, 4.69) is 30.9 Å². The van der Waals surface area contributed by atoms with E-state index in [1.807, 2.05) is 4.68 Å². The molecule has 20 heavy (non-hydrogen) atoms. The lowest BCUT2D eigenvalue weighted by atomic mass is 9.73. The third-order valence-corrected chi connectivity index (χ3v) is 4.24. The first-order valence-electron chi connectivity index (χ1n) is 7.56. The molecule has 1 heterocycles. The zero-order valence-corrected chi connectivity index (χ0v) is 12.6. The number of carbonyl (C=O) groups is 1. The predicted molar refractivity (Wildman–Crippen MR) is 76.2 cm³/mol. The van der Waals surface area contributed by atoms with Crippen LogP contribution in [0.4, 0.5) is 0 Å². The molecule has 1 aromatic heterocycles. The number of hydrogen-bond donors (Lipinski definition) is 1. The van der Waals surface area contributed by atoms with Gasteiger partial charge in [-0.2, -0.15) is 5.10 Å². The highest BCUT2D eigenvalue weighted by molar-refractivity contribution is 5.70. The van der Waals surface area contributed by atoms with Crippen LogP contribution in [0.15, 0.2) is 6.33 Å². The van der Waals surface area contributed by atoms with Gasteiger partial charge in [0, 0.05) is 13.0 Å². The van der Waals surface area contributed by atoms with E-state index in [0.29, 0.717) is 11.8 Å². The maximum atomic E-state index is 11.4. The van der Waals surface area contributed by atoms with E-state index in [0.717, 1.165) is 38.1 Å². The number of hydrogen-bond acceptors (Lipinski definition) is 3. The molecule has 3 unspecified atom stereocenters. The highest BCUT2D eigenvalue weighted by atomic mass is 16.4. The van der Waals surface area contributed by atoms with E-state index in [4.69, 9.17) is 0 Å². The summed E-state index contributed by atoms with van der Waals surface area (Å²) in [5.41, 5.74) is 0. The summed E-state index contributed by atoms with van der Waals surface area (Å²) in [5.74, 6) is 1.36. The molecule has 0 aliphatic heterocycles. The van der Waals surface area contributed by atoms with Gasteiger partial charge in [0.15, 0.2) is 0 Å². The normalized spacial score (nSPS) is 26.9. The average molecular weight is 279 g/mol. The molecule has 1 N–H and O–H groups in total. The van der Waals surface area contributed by atoms with Gasteiger partial charge in [-0.1, -0.05) is 20.8 Å². The monoisotopic (exact) mass is 279 g/mol. The van der Waals surface area contributed by atoms with Crippen molar-refractivity contribution in [2.24, 2.45) is 23.7 Å². The van der Waals surface area contributed by atoms with E-state index in [-0.39, 0.29) is 11.8 Å². The van der Waals surface area contributed by atoms with Crippen molar-refractivity contribution in [2.45, 2.75) is 53.0 Å². The summed E-state index contributed by atoms with van der Waals surface area (Å²) in [6.45, 7) is 7.35. The molecule has 1 aliphatic rings. The zero-order chi connectivity index (χ0) is 14.7. The Labute approximate surface area is 120 Å². The fraction of sp³-hybridized carbons (Fsp3) is 0.800. The third kappa shape index (κ3) is 3.58. The van der Waals surface area contributed by atoms with Gasteiger partial charge in [-0.05, 0) is 37.0 Å². The molecule has 0 aromatic carbocycles. The quantitative estimate of drug-likeness (QED) is 0.899. The van der Waals surface area contributed by atoms with E-state index in [9.17, 15) is 9.90 Å². The maximum absolute atomic E-state index is 11.4. The molecular formula is C15H25N3O2. The van der Waals surface area contributed by atoms with Crippen molar-refractivity contribution in [1.29, 1.82) is 0 Å². The average Bonchev–Trinajstić information content (AvgIpc) is 2.75. The van der Waals surface area contributed by atoms with Gasteiger partial charge in [0.25, 0.3) is 0 Å². The number of aliphatic carboxylic acids is 1. The van der Waals surface area contributed by atoms with Crippen LogP contribution >= 0.6 is 0 Å². The fourth-order valence-corrected chi connectivity index (χ4v) is 3.23. The van der Waals surface area contributed by atoms with Crippen LogP contribution in [0, 0.1) is 23.7 Å². The largest absolute Gasteiger partial charge is 0.481 e. The maximum Gasteiger partial charge on any atom is 0.306 e. The summed E-state index contributed by atoms with van der Waals surface area (Å²) in [6.07, 6.45) is 5.10. The van der Waals surface area contributed by atoms with Crippen LogP contribution in [0.2, 0.25) is 0 Å². The van der Waals surface area contributed by atoms with Crippen molar-refractivity contribution in [3.05, 3.63) is 12.2 Å². The van der Waals surface area contributed by atoms with Crippen molar-refractivity contribution < 1.29 is 9.90 Å². The fourth-order valence-electron chi connectivity index (χ4n) is 3.23. The van der Waals surface area contributed by atoms with Crippen molar-refractivity contribution in [3.8, 4) is 0 Å². The predicted octanol–water partition coefficient (Wildman–Crippen LogP) is 2.61. The molecule has 1 aromatic rings. The summed E-state index contributed by atoms with van der Waals surface area (Å²) < 4.78 is 1.93.